The Morgan fingerprint density at radius 2 is 1.95 bits per heavy atom. The molecule has 5 nitrogen and oxygen atoms in total. The van der Waals surface area contributed by atoms with Crippen LogP contribution in [0.5, 0.6) is 0 Å². The summed E-state index contributed by atoms with van der Waals surface area (Å²) >= 11 is 0. The van der Waals surface area contributed by atoms with Crippen LogP contribution in [0.15, 0.2) is 29.2 Å². The quantitative estimate of drug-likeness (QED) is 0.781. The summed E-state index contributed by atoms with van der Waals surface area (Å²) < 4.78 is 26.6. The van der Waals surface area contributed by atoms with Crippen LogP contribution in [-0.2, 0) is 10.0 Å². The first kappa shape index (κ1) is 19.1. The molecule has 0 aliphatic carbocycles. The Hall–Kier alpha value is -0.950. The minimum atomic E-state index is -3.64. The molecular formula is C13H21ClN2O3S. The van der Waals surface area contributed by atoms with Crippen LogP contribution in [0.3, 0.4) is 0 Å². The molecule has 20 heavy (non-hydrogen) atoms. The van der Waals surface area contributed by atoms with Gasteiger partial charge < -0.3 is 5.73 Å². The fourth-order valence-electron chi connectivity index (χ4n) is 1.41. The molecular weight excluding hydrogens is 300 g/mol. The number of halogens is 1. The molecule has 0 fully saturated rings. The SMILES string of the molecule is CCC(=O)c1cccc(S(=O)(=O)NCC(C)(C)N)c1.Cl. The van der Waals surface area contributed by atoms with Crippen LogP contribution >= 0.6 is 12.4 Å². The predicted molar refractivity (Wildman–Crippen MR) is 81.8 cm³/mol. The first-order valence-electron chi connectivity index (χ1n) is 6.07. The number of carbonyl (C=O) groups excluding carboxylic acids is 1. The normalized spacial score (nSPS) is 11.8. The van der Waals surface area contributed by atoms with E-state index in [0.717, 1.165) is 0 Å². The summed E-state index contributed by atoms with van der Waals surface area (Å²) in [6.45, 7) is 5.32. The molecule has 0 aromatic heterocycles. The number of ketones is 1. The van der Waals surface area contributed by atoms with Gasteiger partial charge in [-0.1, -0.05) is 19.1 Å². The first-order valence-corrected chi connectivity index (χ1v) is 7.56. The van der Waals surface area contributed by atoms with Crippen molar-refractivity contribution in [3.05, 3.63) is 29.8 Å². The maximum Gasteiger partial charge on any atom is 0.240 e. The highest BCUT2D eigenvalue weighted by molar-refractivity contribution is 7.89. The van der Waals surface area contributed by atoms with Crippen LogP contribution in [0.1, 0.15) is 37.6 Å². The van der Waals surface area contributed by atoms with Gasteiger partial charge in [-0.15, -0.1) is 12.4 Å². The molecule has 0 aliphatic heterocycles. The minimum absolute atomic E-state index is 0. The Labute approximate surface area is 126 Å². The lowest BCUT2D eigenvalue weighted by molar-refractivity contribution is 0.0988. The molecule has 0 saturated heterocycles. The van der Waals surface area contributed by atoms with Gasteiger partial charge in [0.05, 0.1) is 4.90 Å². The van der Waals surface area contributed by atoms with Crippen LogP contribution in [-0.4, -0.2) is 26.3 Å². The average molecular weight is 321 g/mol. The molecule has 0 aliphatic rings. The zero-order chi connectivity index (χ0) is 14.7. The fraction of sp³-hybridized carbons (Fsp3) is 0.462. The van der Waals surface area contributed by atoms with E-state index in [1.54, 1.807) is 32.9 Å². The Kier molecular flexibility index (Phi) is 6.83. The van der Waals surface area contributed by atoms with E-state index < -0.39 is 15.6 Å². The van der Waals surface area contributed by atoms with E-state index >= 15 is 0 Å². The van der Waals surface area contributed by atoms with Gasteiger partial charge in [0, 0.05) is 24.1 Å². The molecule has 1 rings (SSSR count). The van der Waals surface area contributed by atoms with Gasteiger partial charge in [-0.25, -0.2) is 13.1 Å². The molecule has 0 amide bonds. The van der Waals surface area contributed by atoms with Crippen LogP contribution in [0, 0.1) is 0 Å². The number of Topliss-reactive ketones (excluding diaryl/α,β-unsaturated/α-hetero) is 1. The van der Waals surface area contributed by atoms with E-state index in [4.69, 9.17) is 5.73 Å². The predicted octanol–water partition coefficient (Wildman–Crippen LogP) is 1.72. The second-order valence-corrected chi connectivity index (χ2v) is 6.88. The second kappa shape index (κ2) is 7.17. The number of hydrogen-bond acceptors (Lipinski definition) is 4. The molecule has 0 heterocycles. The molecule has 0 radical (unpaired) electrons. The van der Waals surface area contributed by atoms with Crippen molar-refractivity contribution >= 4 is 28.2 Å². The number of rotatable bonds is 6. The summed E-state index contributed by atoms with van der Waals surface area (Å²) in [5.41, 5.74) is 5.50. The summed E-state index contributed by atoms with van der Waals surface area (Å²) in [7, 11) is -3.64. The van der Waals surface area contributed by atoms with E-state index in [0.29, 0.717) is 12.0 Å². The number of sulfonamides is 1. The van der Waals surface area contributed by atoms with Gasteiger partial charge in [0.2, 0.25) is 10.0 Å². The zero-order valence-electron chi connectivity index (χ0n) is 11.8. The first-order chi connectivity index (χ1) is 8.65. The lowest BCUT2D eigenvalue weighted by Gasteiger charge is -2.19. The Morgan fingerprint density at radius 3 is 2.45 bits per heavy atom. The average Bonchev–Trinajstić information content (AvgIpc) is 2.35. The van der Waals surface area contributed by atoms with Crippen LogP contribution < -0.4 is 10.5 Å². The third kappa shape index (κ3) is 5.58. The number of hydrogen-bond donors (Lipinski definition) is 2. The number of benzene rings is 1. The smallest absolute Gasteiger partial charge is 0.240 e. The van der Waals surface area contributed by atoms with Crippen LogP contribution in [0.4, 0.5) is 0 Å². The molecule has 0 spiro atoms. The largest absolute Gasteiger partial charge is 0.324 e. The Bertz CT molecular complexity index is 565. The highest BCUT2D eigenvalue weighted by Gasteiger charge is 2.19. The summed E-state index contributed by atoms with van der Waals surface area (Å²) in [6, 6.07) is 6.01. The third-order valence-corrected chi connectivity index (χ3v) is 3.90. The van der Waals surface area contributed by atoms with E-state index in [1.165, 1.54) is 12.1 Å². The highest BCUT2D eigenvalue weighted by Crippen LogP contribution is 2.13. The van der Waals surface area contributed by atoms with Crippen molar-refractivity contribution in [2.75, 3.05) is 6.54 Å². The van der Waals surface area contributed by atoms with Crippen LogP contribution in [0.2, 0.25) is 0 Å². The monoisotopic (exact) mass is 320 g/mol. The Balaban J connectivity index is 0.00000361. The van der Waals surface area contributed by atoms with Gasteiger partial charge >= 0.3 is 0 Å². The minimum Gasteiger partial charge on any atom is -0.324 e. The molecule has 0 saturated carbocycles. The zero-order valence-corrected chi connectivity index (χ0v) is 13.5. The Morgan fingerprint density at radius 1 is 1.35 bits per heavy atom. The summed E-state index contributed by atoms with van der Waals surface area (Å²) in [5.74, 6) is -0.0868. The van der Waals surface area contributed by atoms with Gasteiger partial charge in [0.1, 0.15) is 0 Å². The maximum absolute atomic E-state index is 12.1. The summed E-state index contributed by atoms with van der Waals surface area (Å²) in [6.07, 6.45) is 0.340. The van der Waals surface area contributed by atoms with Crippen molar-refractivity contribution in [1.82, 2.24) is 4.72 Å². The van der Waals surface area contributed by atoms with Crippen molar-refractivity contribution in [2.45, 2.75) is 37.6 Å². The van der Waals surface area contributed by atoms with Crippen molar-refractivity contribution < 1.29 is 13.2 Å². The van der Waals surface area contributed by atoms with E-state index in [1.807, 2.05) is 0 Å². The number of nitrogens with one attached hydrogen (secondary N) is 1. The molecule has 1 aromatic carbocycles. The summed E-state index contributed by atoms with van der Waals surface area (Å²) in [5, 5.41) is 0. The van der Waals surface area contributed by atoms with Crippen molar-refractivity contribution in [3.8, 4) is 0 Å². The molecule has 1 aromatic rings. The standard InChI is InChI=1S/C13H20N2O3S.ClH/c1-4-12(16)10-6-5-7-11(8-10)19(17,18)15-9-13(2,3)14;/h5-8,15H,4,9,14H2,1-3H3;1H. The molecule has 0 unspecified atom stereocenters. The molecule has 7 heteroatoms. The molecule has 0 bridgehead atoms. The summed E-state index contributed by atoms with van der Waals surface area (Å²) in [4.78, 5) is 11.7. The number of nitrogens with two attached hydrogens (primary N) is 1. The topological polar surface area (TPSA) is 89.3 Å². The number of carbonyl (C=O) groups is 1. The fourth-order valence-corrected chi connectivity index (χ4v) is 2.67. The molecule has 3 N–H and O–H groups in total. The molecule has 114 valence electrons. The van der Waals surface area contributed by atoms with Gasteiger partial charge in [-0.05, 0) is 26.0 Å². The highest BCUT2D eigenvalue weighted by atomic mass is 35.5. The van der Waals surface area contributed by atoms with Gasteiger partial charge in [-0.2, -0.15) is 0 Å². The van der Waals surface area contributed by atoms with E-state index in [2.05, 4.69) is 4.72 Å². The van der Waals surface area contributed by atoms with Gasteiger partial charge in [0.25, 0.3) is 0 Å². The third-order valence-electron chi connectivity index (χ3n) is 2.51. The van der Waals surface area contributed by atoms with Gasteiger partial charge in [-0.3, -0.25) is 4.79 Å². The van der Waals surface area contributed by atoms with E-state index in [-0.39, 0.29) is 29.6 Å². The lowest BCUT2D eigenvalue weighted by atomic mass is 10.1. The second-order valence-electron chi connectivity index (χ2n) is 5.12. The lowest BCUT2D eigenvalue weighted by Crippen LogP contribution is -2.45. The van der Waals surface area contributed by atoms with Crippen LogP contribution in [0.25, 0.3) is 0 Å². The van der Waals surface area contributed by atoms with Crippen molar-refractivity contribution in [1.29, 1.82) is 0 Å². The maximum atomic E-state index is 12.1. The van der Waals surface area contributed by atoms with Gasteiger partial charge in [0.15, 0.2) is 5.78 Å². The van der Waals surface area contributed by atoms with Crippen molar-refractivity contribution in [3.63, 3.8) is 0 Å². The van der Waals surface area contributed by atoms with E-state index in [9.17, 15) is 13.2 Å². The molecule has 0 atom stereocenters. The van der Waals surface area contributed by atoms with Crippen molar-refractivity contribution in [2.24, 2.45) is 5.73 Å².